The fourth-order valence-corrected chi connectivity index (χ4v) is 2.08. The molecule has 0 bridgehead atoms. The molecule has 98 valence electrons. The van der Waals surface area contributed by atoms with Crippen molar-refractivity contribution in [2.75, 3.05) is 0 Å². The van der Waals surface area contributed by atoms with Crippen LogP contribution in [-0.2, 0) is 6.61 Å². The van der Waals surface area contributed by atoms with E-state index < -0.39 is 0 Å². The maximum atomic E-state index is 13.2. The number of nitrogens with two attached hydrogens (primary N) is 1. The van der Waals surface area contributed by atoms with Crippen LogP contribution in [0, 0.1) is 5.82 Å². The molecule has 0 radical (unpaired) electrons. The van der Waals surface area contributed by atoms with Gasteiger partial charge in [0.05, 0.1) is 0 Å². The van der Waals surface area contributed by atoms with Crippen molar-refractivity contribution >= 4 is 33.1 Å². The molecule has 2 nitrogen and oxygen atoms in total. The quantitative estimate of drug-likeness (QED) is 0.860. The van der Waals surface area contributed by atoms with Gasteiger partial charge in [0.1, 0.15) is 23.2 Å². The smallest absolute Gasteiger partial charge is 0.123 e. The van der Waals surface area contributed by atoms with E-state index in [0.29, 0.717) is 16.9 Å². The lowest BCUT2D eigenvalue weighted by molar-refractivity contribution is 0.305. The van der Waals surface area contributed by atoms with Gasteiger partial charge >= 0.3 is 0 Å². The van der Waals surface area contributed by atoms with Crippen LogP contribution < -0.4 is 10.5 Å². The zero-order chi connectivity index (χ0) is 13.8. The van der Waals surface area contributed by atoms with E-state index in [0.717, 1.165) is 4.47 Å². The minimum Gasteiger partial charge on any atom is -0.489 e. The highest BCUT2D eigenvalue weighted by molar-refractivity contribution is 9.10. The van der Waals surface area contributed by atoms with Crippen molar-refractivity contribution in [1.82, 2.24) is 0 Å². The van der Waals surface area contributed by atoms with Crippen molar-refractivity contribution in [3.05, 3.63) is 63.9 Å². The van der Waals surface area contributed by atoms with Gasteiger partial charge in [0.25, 0.3) is 0 Å². The third kappa shape index (κ3) is 3.75. The molecule has 0 amide bonds. The fraction of sp³-hybridized carbons (Fsp3) is 0.0714. The second-order valence-corrected chi connectivity index (χ2v) is 5.26. The highest BCUT2D eigenvalue weighted by Gasteiger charge is 2.07. The van der Waals surface area contributed by atoms with E-state index >= 15 is 0 Å². The fourth-order valence-electron chi connectivity index (χ4n) is 1.61. The molecule has 0 saturated heterocycles. The van der Waals surface area contributed by atoms with Gasteiger partial charge in [0, 0.05) is 15.6 Å². The Kier molecular flexibility index (Phi) is 4.50. The molecule has 0 unspecified atom stereocenters. The third-order valence-corrected chi connectivity index (χ3v) is 3.29. The lowest BCUT2D eigenvalue weighted by atomic mass is 10.1. The number of hydrogen-bond donors (Lipinski definition) is 1. The number of rotatable bonds is 4. The first kappa shape index (κ1) is 14.0. The number of benzene rings is 2. The maximum absolute atomic E-state index is 13.2. The van der Waals surface area contributed by atoms with Gasteiger partial charge in [-0.25, -0.2) is 4.39 Å². The summed E-state index contributed by atoms with van der Waals surface area (Å²) in [5.41, 5.74) is 6.87. The summed E-state index contributed by atoms with van der Waals surface area (Å²) in [6.45, 7) is 0.214. The third-order valence-electron chi connectivity index (χ3n) is 2.54. The van der Waals surface area contributed by atoms with Gasteiger partial charge in [0.15, 0.2) is 0 Å². The Bertz CT molecular complexity index is 601. The van der Waals surface area contributed by atoms with Crippen LogP contribution in [0.4, 0.5) is 4.39 Å². The average molecular weight is 340 g/mol. The molecule has 2 N–H and O–H groups in total. The largest absolute Gasteiger partial charge is 0.489 e. The minimum atomic E-state index is -0.339. The number of ether oxygens (including phenoxy) is 1. The summed E-state index contributed by atoms with van der Waals surface area (Å²) in [6.07, 6.45) is 0. The molecule has 0 fully saturated rings. The molecule has 0 heterocycles. The average Bonchev–Trinajstić information content (AvgIpc) is 2.38. The van der Waals surface area contributed by atoms with Crippen molar-refractivity contribution in [1.29, 1.82) is 0 Å². The van der Waals surface area contributed by atoms with Gasteiger partial charge in [-0.3, -0.25) is 0 Å². The van der Waals surface area contributed by atoms with Crippen LogP contribution in [0.1, 0.15) is 11.1 Å². The Hall–Kier alpha value is -1.46. The Balaban J connectivity index is 2.16. The molecular formula is C14H11BrFNOS. The van der Waals surface area contributed by atoms with E-state index in [-0.39, 0.29) is 17.4 Å². The van der Waals surface area contributed by atoms with E-state index in [9.17, 15) is 4.39 Å². The summed E-state index contributed by atoms with van der Waals surface area (Å²) in [5, 5.41) is 0. The highest BCUT2D eigenvalue weighted by Crippen LogP contribution is 2.19. The normalized spacial score (nSPS) is 10.2. The Morgan fingerprint density at radius 1 is 1.21 bits per heavy atom. The Morgan fingerprint density at radius 3 is 2.53 bits per heavy atom. The lowest BCUT2D eigenvalue weighted by Gasteiger charge is -2.10. The molecule has 2 aromatic rings. The van der Waals surface area contributed by atoms with Crippen LogP contribution in [0.5, 0.6) is 5.75 Å². The summed E-state index contributed by atoms with van der Waals surface area (Å²) < 4.78 is 19.8. The second kappa shape index (κ2) is 6.12. The zero-order valence-corrected chi connectivity index (χ0v) is 12.3. The van der Waals surface area contributed by atoms with Crippen LogP contribution in [0.3, 0.4) is 0 Å². The summed E-state index contributed by atoms with van der Waals surface area (Å²) in [6, 6.07) is 11.7. The van der Waals surface area contributed by atoms with E-state index in [1.807, 2.05) is 24.3 Å². The minimum absolute atomic E-state index is 0.214. The number of hydrogen-bond acceptors (Lipinski definition) is 2. The van der Waals surface area contributed by atoms with Crippen molar-refractivity contribution in [2.45, 2.75) is 6.61 Å². The Morgan fingerprint density at radius 2 is 1.89 bits per heavy atom. The molecule has 0 atom stereocenters. The predicted octanol–water partition coefficient (Wildman–Crippen LogP) is 3.80. The number of halogens is 2. The van der Waals surface area contributed by atoms with Gasteiger partial charge in [-0.15, -0.1) is 0 Å². The molecule has 0 saturated carbocycles. The summed E-state index contributed by atoms with van der Waals surface area (Å²) >= 11 is 8.28. The van der Waals surface area contributed by atoms with Crippen LogP contribution >= 0.6 is 28.1 Å². The van der Waals surface area contributed by atoms with Gasteiger partial charge in [0.2, 0.25) is 0 Å². The van der Waals surface area contributed by atoms with Gasteiger partial charge in [-0.05, 0) is 42.5 Å². The van der Waals surface area contributed by atoms with Gasteiger partial charge in [-0.2, -0.15) is 0 Å². The maximum Gasteiger partial charge on any atom is 0.123 e. The van der Waals surface area contributed by atoms with E-state index in [2.05, 4.69) is 15.9 Å². The molecule has 0 aliphatic heterocycles. The van der Waals surface area contributed by atoms with Crippen LogP contribution in [0.25, 0.3) is 0 Å². The molecule has 0 aromatic heterocycles. The molecule has 2 aromatic carbocycles. The standard InChI is InChI=1S/C14H11BrFNOS/c15-10-1-4-12(5-2-10)18-8-9-7-11(16)3-6-13(9)14(17)19/h1-7H,8H2,(H2,17,19). The lowest BCUT2D eigenvalue weighted by Crippen LogP contribution is -2.13. The molecule has 19 heavy (non-hydrogen) atoms. The van der Waals surface area contributed by atoms with Crippen molar-refractivity contribution in [2.24, 2.45) is 5.73 Å². The monoisotopic (exact) mass is 339 g/mol. The van der Waals surface area contributed by atoms with Crippen LogP contribution in [-0.4, -0.2) is 4.99 Å². The van der Waals surface area contributed by atoms with Crippen molar-refractivity contribution < 1.29 is 9.13 Å². The van der Waals surface area contributed by atoms with Gasteiger partial charge < -0.3 is 10.5 Å². The highest BCUT2D eigenvalue weighted by atomic mass is 79.9. The molecule has 0 aliphatic carbocycles. The van der Waals surface area contributed by atoms with Crippen LogP contribution in [0.15, 0.2) is 46.9 Å². The van der Waals surface area contributed by atoms with E-state index in [1.165, 1.54) is 12.1 Å². The van der Waals surface area contributed by atoms with Gasteiger partial charge in [-0.1, -0.05) is 28.1 Å². The molecular weight excluding hydrogens is 329 g/mol. The molecule has 0 aliphatic rings. The summed E-state index contributed by atoms with van der Waals surface area (Å²) in [4.78, 5) is 0.231. The topological polar surface area (TPSA) is 35.2 Å². The zero-order valence-electron chi connectivity index (χ0n) is 9.90. The van der Waals surface area contributed by atoms with Crippen molar-refractivity contribution in [3.63, 3.8) is 0 Å². The molecule has 2 rings (SSSR count). The molecule has 5 heteroatoms. The second-order valence-electron chi connectivity index (χ2n) is 3.91. The van der Waals surface area contributed by atoms with Crippen molar-refractivity contribution in [3.8, 4) is 5.75 Å². The van der Waals surface area contributed by atoms with E-state index in [4.69, 9.17) is 22.7 Å². The number of thiocarbonyl (C=S) groups is 1. The summed E-state index contributed by atoms with van der Waals surface area (Å²) in [7, 11) is 0. The summed E-state index contributed by atoms with van der Waals surface area (Å²) in [5.74, 6) is 0.357. The first-order valence-corrected chi connectivity index (χ1v) is 6.73. The van der Waals surface area contributed by atoms with Crippen LogP contribution in [0.2, 0.25) is 0 Å². The Labute approximate surface area is 124 Å². The molecule has 0 spiro atoms. The van der Waals surface area contributed by atoms with E-state index in [1.54, 1.807) is 6.07 Å². The SMILES string of the molecule is NC(=S)c1ccc(F)cc1COc1ccc(Br)cc1. The first-order chi connectivity index (χ1) is 9.06. The first-order valence-electron chi connectivity index (χ1n) is 5.53. The predicted molar refractivity (Wildman–Crippen MR) is 80.8 cm³/mol.